The maximum atomic E-state index is 5.95. The van der Waals surface area contributed by atoms with Gasteiger partial charge in [-0.1, -0.05) is 12.1 Å². The summed E-state index contributed by atoms with van der Waals surface area (Å²) in [6, 6.07) is 7.69. The first-order valence-electron chi connectivity index (χ1n) is 5.88. The van der Waals surface area contributed by atoms with Gasteiger partial charge in [-0.3, -0.25) is 5.10 Å². The summed E-state index contributed by atoms with van der Waals surface area (Å²) in [6.07, 6.45) is 1.68. The van der Waals surface area contributed by atoms with E-state index < -0.39 is 0 Å². The lowest BCUT2D eigenvalue weighted by Gasteiger charge is -2.10. The highest BCUT2D eigenvalue weighted by molar-refractivity contribution is 6.28. The first kappa shape index (κ1) is 11.9. The fourth-order valence-electron chi connectivity index (χ4n) is 1.96. The van der Waals surface area contributed by atoms with Gasteiger partial charge >= 0.3 is 0 Å². The standard InChI is InChI=1S/C13H11ClN4O/c1-2-19-10-6-4-3-5-8(10)11-9-7-15-18-12(9)17-13(14)16-11/h3-7H,2H2,1H3,(H,15,16,17,18). The van der Waals surface area contributed by atoms with E-state index in [1.165, 1.54) is 0 Å². The van der Waals surface area contributed by atoms with Crippen LogP contribution in [0.4, 0.5) is 0 Å². The van der Waals surface area contributed by atoms with Gasteiger partial charge in [0.15, 0.2) is 5.65 Å². The number of rotatable bonds is 3. The van der Waals surface area contributed by atoms with E-state index in [0.29, 0.717) is 17.9 Å². The van der Waals surface area contributed by atoms with E-state index >= 15 is 0 Å². The number of aromatic amines is 1. The molecule has 19 heavy (non-hydrogen) atoms. The van der Waals surface area contributed by atoms with Crippen LogP contribution in [-0.4, -0.2) is 26.8 Å². The van der Waals surface area contributed by atoms with Gasteiger partial charge in [-0.05, 0) is 30.7 Å². The molecule has 0 aliphatic heterocycles. The number of aromatic nitrogens is 4. The largest absolute Gasteiger partial charge is 0.493 e. The average Bonchev–Trinajstić information content (AvgIpc) is 2.87. The van der Waals surface area contributed by atoms with Crippen molar-refractivity contribution >= 4 is 22.6 Å². The quantitative estimate of drug-likeness (QED) is 0.746. The first-order chi connectivity index (χ1) is 9.29. The lowest BCUT2D eigenvalue weighted by molar-refractivity contribution is 0.341. The van der Waals surface area contributed by atoms with Crippen molar-refractivity contribution < 1.29 is 4.74 Å². The number of nitrogens with one attached hydrogen (secondary N) is 1. The summed E-state index contributed by atoms with van der Waals surface area (Å²) in [7, 11) is 0. The molecule has 3 rings (SSSR count). The minimum Gasteiger partial charge on any atom is -0.493 e. The van der Waals surface area contributed by atoms with Gasteiger partial charge < -0.3 is 4.74 Å². The second kappa shape index (κ2) is 4.85. The van der Waals surface area contributed by atoms with E-state index in [1.807, 2.05) is 31.2 Å². The van der Waals surface area contributed by atoms with Crippen molar-refractivity contribution in [3.8, 4) is 17.0 Å². The predicted octanol–water partition coefficient (Wildman–Crippen LogP) is 3.07. The summed E-state index contributed by atoms with van der Waals surface area (Å²) >= 11 is 5.95. The summed E-state index contributed by atoms with van der Waals surface area (Å²) in [5, 5.41) is 7.77. The van der Waals surface area contributed by atoms with Gasteiger partial charge in [0.25, 0.3) is 0 Å². The molecule has 0 amide bonds. The number of hydrogen-bond donors (Lipinski definition) is 1. The zero-order valence-electron chi connectivity index (χ0n) is 10.2. The molecule has 0 saturated carbocycles. The van der Waals surface area contributed by atoms with Gasteiger partial charge in [-0.25, -0.2) is 4.98 Å². The molecule has 1 N–H and O–H groups in total. The number of benzene rings is 1. The predicted molar refractivity (Wildman–Crippen MR) is 73.3 cm³/mol. The van der Waals surface area contributed by atoms with Gasteiger partial charge in [0.05, 0.1) is 23.9 Å². The van der Waals surface area contributed by atoms with E-state index in [1.54, 1.807) is 6.20 Å². The van der Waals surface area contributed by atoms with Crippen LogP contribution < -0.4 is 4.74 Å². The van der Waals surface area contributed by atoms with Crippen LogP contribution in [0, 0.1) is 0 Å². The Balaban J connectivity index is 2.26. The Morgan fingerprint density at radius 2 is 2.11 bits per heavy atom. The molecular formula is C13H11ClN4O. The number of nitrogens with zero attached hydrogens (tertiary/aromatic N) is 3. The maximum Gasteiger partial charge on any atom is 0.224 e. The second-order valence-electron chi connectivity index (χ2n) is 3.90. The fraction of sp³-hybridized carbons (Fsp3) is 0.154. The van der Waals surface area contributed by atoms with Crippen molar-refractivity contribution in [3.63, 3.8) is 0 Å². The number of ether oxygens (including phenoxy) is 1. The molecule has 3 aromatic rings. The van der Waals surface area contributed by atoms with Crippen molar-refractivity contribution in [2.75, 3.05) is 6.61 Å². The van der Waals surface area contributed by atoms with E-state index in [4.69, 9.17) is 16.3 Å². The van der Waals surface area contributed by atoms with Crippen LogP contribution in [0.5, 0.6) is 5.75 Å². The molecule has 0 fully saturated rings. The SMILES string of the molecule is CCOc1ccccc1-c1nc(Cl)nc2[nH]ncc12. The number of halogens is 1. The molecule has 0 bridgehead atoms. The maximum absolute atomic E-state index is 5.95. The summed E-state index contributed by atoms with van der Waals surface area (Å²) in [5.74, 6) is 0.766. The molecule has 0 unspecified atom stereocenters. The van der Waals surface area contributed by atoms with Crippen LogP contribution in [0.1, 0.15) is 6.92 Å². The Labute approximate surface area is 114 Å². The molecule has 96 valence electrons. The third-order valence-electron chi connectivity index (χ3n) is 2.72. The van der Waals surface area contributed by atoms with Crippen molar-refractivity contribution in [2.45, 2.75) is 6.92 Å². The van der Waals surface area contributed by atoms with E-state index in [-0.39, 0.29) is 5.28 Å². The summed E-state index contributed by atoms with van der Waals surface area (Å²) in [5.41, 5.74) is 2.20. The molecule has 2 heterocycles. The summed E-state index contributed by atoms with van der Waals surface area (Å²) < 4.78 is 5.62. The van der Waals surface area contributed by atoms with E-state index in [0.717, 1.165) is 16.7 Å². The van der Waals surface area contributed by atoms with Crippen LogP contribution in [0.3, 0.4) is 0 Å². The van der Waals surface area contributed by atoms with Gasteiger partial charge in [0.2, 0.25) is 5.28 Å². The summed E-state index contributed by atoms with van der Waals surface area (Å²) in [4.78, 5) is 8.39. The number of H-pyrrole nitrogens is 1. The average molecular weight is 275 g/mol. The molecule has 0 aliphatic rings. The molecule has 0 aliphatic carbocycles. The number of hydrogen-bond acceptors (Lipinski definition) is 4. The Kier molecular flexibility index (Phi) is 3.05. The molecule has 1 aromatic carbocycles. The number of para-hydroxylation sites is 1. The molecule has 6 heteroatoms. The van der Waals surface area contributed by atoms with Crippen molar-refractivity contribution in [2.24, 2.45) is 0 Å². The smallest absolute Gasteiger partial charge is 0.224 e. The van der Waals surface area contributed by atoms with Crippen LogP contribution in [0.25, 0.3) is 22.3 Å². The molecule has 0 spiro atoms. The minimum atomic E-state index is 0.179. The molecular weight excluding hydrogens is 264 g/mol. The van der Waals surface area contributed by atoms with Crippen LogP contribution in [0.15, 0.2) is 30.5 Å². The highest BCUT2D eigenvalue weighted by atomic mass is 35.5. The topological polar surface area (TPSA) is 63.7 Å². The van der Waals surface area contributed by atoms with Gasteiger partial charge in [-0.2, -0.15) is 10.1 Å². The molecule has 0 atom stereocenters. The molecule has 5 nitrogen and oxygen atoms in total. The Hall–Kier alpha value is -2.14. The van der Waals surface area contributed by atoms with Crippen LogP contribution in [-0.2, 0) is 0 Å². The lowest BCUT2D eigenvalue weighted by atomic mass is 10.1. The minimum absolute atomic E-state index is 0.179. The van der Waals surface area contributed by atoms with E-state index in [9.17, 15) is 0 Å². The van der Waals surface area contributed by atoms with Crippen molar-refractivity contribution in [1.29, 1.82) is 0 Å². The Morgan fingerprint density at radius 3 is 2.95 bits per heavy atom. The third kappa shape index (κ3) is 2.13. The highest BCUT2D eigenvalue weighted by Crippen LogP contribution is 2.33. The zero-order chi connectivity index (χ0) is 13.2. The highest BCUT2D eigenvalue weighted by Gasteiger charge is 2.14. The molecule has 2 aromatic heterocycles. The van der Waals surface area contributed by atoms with Crippen LogP contribution >= 0.6 is 11.6 Å². The molecule has 0 radical (unpaired) electrons. The van der Waals surface area contributed by atoms with Crippen molar-refractivity contribution in [3.05, 3.63) is 35.7 Å². The molecule has 0 saturated heterocycles. The monoisotopic (exact) mass is 274 g/mol. The van der Waals surface area contributed by atoms with Gasteiger partial charge in [0.1, 0.15) is 5.75 Å². The fourth-order valence-corrected chi connectivity index (χ4v) is 2.13. The Bertz CT molecular complexity index is 725. The lowest BCUT2D eigenvalue weighted by Crippen LogP contribution is -1.96. The normalized spacial score (nSPS) is 10.8. The van der Waals surface area contributed by atoms with Gasteiger partial charge in [0, 0.05) is 5.56 Å². The van der Waals surface area contributed by atoms with Crippen LogP contribution in [0.2, 0.25) is 5.28 Å². The summed E-state index contributed by atoms with van der Waals surface area (Å²) in [6.45, 7) is 2.53. The van der Waals surface area contributed by atoms with Gasteiger partial charge in [-0.15, -0.1) is 0 Å². The third-order valence-corrected chi connectivity index (χ3v) is 2.89. The van der Waals surface area contributed by atoms with E-state index in [2.05, 4.69) is 20.2 Å². The number of fused-ring (bicyclic) bond motifs is 1. The zero-order valence-corrected chi connectivity index (χ0v) is 11.0. The van der Waals surface area contributed by atoms with Crippen molar-refractivity contribution in [1.82, 2.24) is 20.2 Å². The first-order valence-corrected chi connectivity index (χ1v) is 6.26. The Morgan fingerprint density at radius 1 is 1.26 bits per heavy atom. The second-order valence-corrected chi connectivity index (χ2v) is 4.24.